The third-order valence-corrected chi connectivity index (χ3v) is 3.25. The summed E-state index contributed by atoms with van der Waals surface area (Å²) in [7, 11) is 0. The lowest BCUT2D eigenvalue weighted by atomic mass is 10.2. The van der Waals surface area contributed by atoms with Crippen molar-refractivity contribution in [3.8, 4) is 10.9 Å². The molecule has 0 spiro atoms. The summed E-state index contributed by atoms with van der Waals surface area (Å²) in [6.45, 7) is 8.06. The first-order valence-electron chi connectivity index (χ1n) is 6.02. The molecule has 3 rings (SSSR count). The average Bonchev–Trinajstić information content (AvgIpc) is 2.97. The van der Waals surface area contributed by atoms with Crippen LogP contribution in [0.5, 0.6) is 0 Å². The van der Waals surface area contributed by atoms with Crippen molar-refractivity contribution in [2.75, 3.05) is 0 Å². The first-order valence-corrected chi connectivity index (χ1v) is 6.84. The van der Waals surface area contributed by atoms with Gasteiger partial charge in [-0.2, -0.15) is 0 Å². The van der Waals surface area contributed by atoms with Crippen LogP contribution in [0.4, 0.5) is 0 Å². The Morgan fingerprint density at radius 2 is 1.94 bits per heavy atom. The van der Waals surface area contributed by atoms with Gasteiger partial charge >= 0.3 is 0 Å². The van der Waals surface area contributed by atoms with Crippen molar-refractivity contribution < 1.29 is 4.42 Å². The van der Waals surface area contributed by atoms with Crippen molar-refractivity contribution in [3.63, 3.8) is 0 Å². The number of oxazole rings is 1. The van der Waals surface area contributed by atoms with Gasteiger partial charge < -0.3 is 4.42 Å². The molecule has 0 aliphatic rings. The second-order valence-corrected chi connectivity index (χ2v) is 5.00. The summed E-state index contributed by atoms with van der Waals surface area (Å²) in [4.78, 5) is 9.85. The van der Waals surface area contributed by atoms with E-state index in [1.807, 2.05) is 52.1 Å². The SMILES string of the molecule is CC.Cc1ccc2nc(-c3ncc(C)s3)oc2c1. The standard InChI is InChI=1S/C12H10N2OS.C2H6/c1-7-3-4-9-10(5-7)15-11(14-9)12-13-6-8(2)16-12;1-2/h3-6H,1-2H3;1-2H3. The molecule has 0 saturated carbocycles. The molecule has 18 heavy (non-hydrogen) atoms. The van der Waals surface area contributed by atoms with Crippen LogP contribution in [0, 0.1) is 13.8 Å². The molecule has 94 valence electrons. The van der Waals surface area contributed by atoms with Crippen LogP contribution in [0.3, 0.4) is 0 Å². The molecule has 0 amide bonds. The summed E-state index contributed by atoms with van der Waals surface area (Å²) >= 11 is 1.59. The minimum atomic E-state index is 0.610. The van der Waals surface area contributed by atoms with E-state index in [1.54, 1.807) is 11.3 Å². The molecule has 2 heterocycles. The van der Waals surface area contributed by atoms with Gasteiger partial charge in [-0.25, -0.2) is 9.97 Å². The second-order valence-electron chi connectivity index (χ2n) is 3.77. The maximum absolute atomic E-state index is 5.69. The molecule has 4 heteroatoms. The maximum atomic E-state index is 5.69. The monoisotopic (exact) mass is 260 g/mol. The molecule has 0 radical (unpaired) electrons. The number of aromatic nitrogens is 2. The Balaban J connectivity index is 0.000000574. The van der Waals surface area contributed by atoms with Gasteiger partial charge in [0.25, 0.3) is 5.89 Å². The predicted octanol–water partition coefficient (Wildman–Crippen LogP) is 4.59. The third kappa shape index (κ3) is 2.43. The summed E-state index contributed by atoms with van der Waals surface area (Å²) in [5.41, 5.74) is 2.88. The van der Waals surface area contributed by atoms with E-state index in [2.05, 4.69) is 9.97 Å². The van der Waals surface area contributed by atoms with E-state index in [0.717, 1.165) is 21.0 Å². The average molecular weight is 260 g/mol. The van der Waals surface area contributed by atoms with Crippen molar-refractivity contribution in [2.24, 2.45) is 0 Å². The zero-order valence-corrected chi connectivity index (χ0v) is 11.8. The van der Waals surface area contributed by atoms with Crippen molar-refractivity contribution in [3.05, 3.63) is 34.8 Å². The highest BCUT2D eigenvalue weighted by Gasteiger charge is 2.11. The number of fused-ring (bicyclic) bond motifs is 1. The van der Waals surface area contributed by atoms with Gasteiger partial charge in [0.05, 0.1) is 0 Å². The van der Waals surface area contributed by atoms with Crippen LogP contribution >= 0.6 is 11.3 Å². The van der Waals surface area contributed by atoms with Crippen LogP contribution in [0.25, 0.3) is 22.0 Å². The smallest absolute Gasteiger partial charge is 0.256 e. The Kier molecular flexibility index (Phi) is 3.77. The Labute approximate surface area is 111 Å². The molecule has 0 unspecified atom stereocenters. The lowest BCUT2D eigenvalue weighted by Gasteiger charge is -1.88. The van der Waals surface area contributed by atoms with Crippen molar-refractivity contribution >= 4 is 22.4 Å². The first kappa shape index (κ1) is 12.8. The molecule has 0 saturated heterocycles. The minimum Gasteiger partial charge on any atom is -0.434 e. The fourth-order valence-corrected chi connectivity index (χ4v) is 2.27. The van der Waals surface area contributed by atoms with E-state index >= 15 is 0 Å². The Bertz CT molecular complexity index is 655. The molecular formula is C14H16N2OS. The van der Waals surface area contributed by atoms with Crippen LogP contribution < -0.4 is 0 Å². The molecule has 0 aliphatic heterocycles. The van der Waals surface area contributed by atoms with E-state index in [0.29, 0.717) is 5.89 Å². The van der Waals surface area contributed by atoms with Crippen molar-refractivity contribution in [1.82, 2.24) is 9.97 Å². The molecule has 1 aromatic carbocycles. The fraction of sp³-hybridized carbons (Fsp3) is 0.286. The number of thiazole rings is 1. The van der Waals surface area contributed by atoms with E-state index in [4.69, 9.17) is 4.42 Å². The lowest BCUT2D eigenvalue weighted by Crippen LogP contribution is -1.73. The predicted molar refractivity (Wildman–Crippen MR) is 75.9 cm³/mol. The fourth-order valence-electron chi connectivity index (χ4n) is 1.58. The number of aryl methyl sites for hydroxylation is 2. The summed E-state index contributed by atoms with van der Waals surface area (Å²) in [5, 5.41) is 0.839. The quantitative estimate of drug-likeness (QED) is 0.642. The van der Waals surface area contributed by atoms with Gasteiger partial charge in [0.2, 0.25) is 0 Å². The molecule has 2 aromatic heterocycles. The zero-order chi connectivity index (χ0) is 13.1. The van der Waals surface area contributed by atoms with E-state index < -0.39 is 0 Å². The topological polar surface area (TPSA) is 38.9 Å². The maximum Gasteiger partial charge on any atom is 0.256 e. The second kappa shape index (κ2) is 5.31. The van der Waals surface area contributed by atoms with Gasteiger partial charge in [-0.05, 0) is 31.5 Å². The largest absolute Gasteiger partial charge is 0.434 e. The van der Waals surface area contributed by atoms with Gasteiger partial charge in [0.1, 0.15) is 5.52 Å². The zero-order valence-electron chi connectivity index (χ0n) is 11.0. The van der Waals surface area contributed by atoms with Crippen LogP contribution in [0.2, 0.25) is 0 Å². The van der Waals surface area contributed by atoms with Gasteiger partial charge in [-0.3, -0.25) is 0 Å². The van der Waals surface area contributed by atoms with Gasteiger partial charge in [-0.1, -0.05) is 19.9 Å². The molecule has 0 atom stereocenters. The van der Waals surface area contributed by atoms with Crippen LogP contribution in [-0.2, 0) is 0 Å². The Hall–Kier alpha value is -1.68. The Morgan fingerprint density at radius 3 is 2.61 bits per heavy atom. The highest BCUT2D eigenvalue weighted by atomic mass is 32.1. The van der Waals surface area contributed by atoms with E-state index in [1.165, 1.54) is 5.56 Å². The molecule has 0 fully saturated rings. The number of nitrogens with zero attached hydrogens (tertiary/aromatic N) is 2. The van der Waals surface area contributed by atoms with Crippen LogP contribution in [-0.4, -0.2) is 9.97 Å². The van der Waals surface area contributed by atoms with E-state index in [9.17, 15) is 0 Å². The van der Waals surface area contributed by atoms with Crippen LogP contribution in [0.15, 0.2) is 28.8 Å². The molecule has 0 N–H and O–H groups in total. The number of rotatable bonds is 1. The minimum absolute atomic E-state index is 0.610. The third-order valence-electron chi connectivity index (χ3n) is 2.35. The highest BCUT2D eigenvalue weighted by Crippen LogP contribution is 2.27. The van der Waals surface area contributed by atoms with Gasteiger partial charge in [0, 0.05) is 11.1 Å². The lowest BCUT2D eigenvalue weighted by molar-refractivity contribution is 0.619. The van der Waals surface area contributed by atoms with Gasteiger partial charge in [-0.15, -0.1) is 11.3 Å². The van der Waals surface area contributed by atoms with Crippen LogP contribution in [0.1, 0.15) is 24.3 Å². The molecule has 3 aromatic rings. The van der Waals surface area contributed by atoms with Crippen molar-refractivity contribution in [1.29, 1.82) is 0 Å². The number of hydrogen-bond acceptors (Lipinski definition) is 4. The highest BCUT2D eigenvalue weighted by molar-refractivity contribution is 7.14. The summed E-state index contributed by atoms with van der Waals surface area (Å²) in [6, 6.07) is 5.99. The molecule has 3 nitrogen and oxygen atoms in total. The molecule has 0 aliphatic carbocycles. The Morgan fingerprint density at radius 1 is 1.17 bits per heavy atom. The van der Waals surface area contributed by atoms with E-state index in [-0.39, 0.29) is 0 Å². The number of hydrogen-bond donors (Lipinski definition) is 0. The molecular weight excluding hydrogens is 244 g/mol. The molecule has 0 bridgehead atoms. The summed E-state index contributed by atoms with van der Waals surface area (Å²) < 4.78 is 5.69. The summed E-state index contributed by atoms with van der Waals surface area (Å²) in [6.07, 6.45) is 1.83. The van der Waals surface area contributed by atoms with Crippen molar-refractivity contribution in [2.45, 2.75) is 27.7 Å². The van der Waals surface area contributed by atoms with Gasteiger partial charge in [0.15, 0.2) is 10.6 Å². The summed E-state index contributed by atoms with van der Waals surface area (Å²) in [5.74, 6) is 0.610. The first-order chi connectivity index (χ1) is 8.72. The number of benzene rings is 1. The normalized spacial score (nSPS) is 10.2.